The molecule has 4 rings (SSSR count). The number of carbonyl (C=O) groups excluding carboxylic acids is 1. The molecule has 0 saturated heterocycles. The molecule has 0 fully saturated rings. The van der Waals surface area contributed by atoms with Gasteiger partial charge in [0, 0.05) is 16.1 Å². The molecule has 1 heterocycles. The van der Waals surface area contributed by atoms with Crippen molar-refractivity contribution in [2.75, 3.05) is 5.32 Å². The van der Waals surface area contributed by atoms with Crippen LogP contribution in [0.4, 0.5) is 10.1 Å². The monoisotopic (exact) mass is 471 g/mol. The van der Waals surface area contributed by atoms with Gasteiger partial charge in [0.15, 0.2) is 0 Å². The normalized spacial score (nSPS) is 12.0. The predicted molar refractivity (Wildman–Crippen MR) is 118 cm³/mol. The van der Waals surface area contributed by atoms with Crippen molar-refractivity contribution >= 4 is 44.2 Å². The van der Waals surface area contributed by atoms with Gasteiger partial charge in [-0.3, -0.25) is 4.79 Å². The lowest BCUT2D eigenvalue weighted by molar-refractivity contribution is 0.102. The second kappa shape index (κ2) is 8.81. The molecule has 32 heavy (non-hydrogen) atoms. The number of rotatable bonds is 5. The van der Waals surface area contributed by atoms with Crippen LogP contribution in [0.1, 0.15) is 10.4 Å². The molecule has 2 N–H and O–H groups in total. The third kappa shape index (κ3) is 4.79. The molecular weight excluding hydrogens is 457 g/mol. The van der Waals surface area contributed by atoms with E-state index in [0.717, 1.165) is 0 Å². The minimum Gasteiger partial charge on any atom is -0.436 e. The Hall–Kier alpha value is -3.69. The number of halogens is 2. The number of benzene rings is 3. The van der Waals surface area contributed by atoms with Gasteiger partial charge in [0.05, 0.1) is 4.90 Å². The Morgan fingerprint density at radius 1 is 0.969 bits per heavy atom. The van der Waals surface area contributed by atoms with Gasteiger partial charge < -0.3 is 9.73 Å². The van der Waals surface area contributed by atoms with Crippen molar-refractivity contribution in [1.82, 2.24) is 4.83 Å². The smallest absolute Gasteiger partial charge is 0.276 e. The summed E-state index contributed by atoms with van der Waals surface area (Å²) in [5.74, 6) is -1.06. The second-order valence-electron chi connectivity index (χ2n) is 6.62. The first kappa shape index (κ1) is 21.5. The van der Waals surface area contributed by atoms with Crippen molar-refractivity contribution < 1.29 is 22.0 Å². The van der Waals surface area contributed by atoms with Crippen LogP contribution in [-0.4, -0.2) is 14.3 Å². The number of sulfonamides is 1. The van der Waals surface area contributed by atoms with E-state index in [4.69, 9.17) is 16.0 Å². The highest BCUT2D eigenvalue weighted by Gasteiger charge is 2.16. The van der Waals surface area contributed by atoms with Gasteiger partial charge in [-0.15, -0.1) is 5.10 Å². The van der Waals surface area contributed by atoms with Gasteiger partial charge in [-0.25, -0.2) is 4.39 Å². The van der Waals surface area contributed by atoms with E-state index in [1.54, 1.807) is 24.3 Å². The number of nitrogens with zero attached hydrogens (tertiary/aromatic N) is 1. The molecule has 0 aliphatic rings. The summed E-state index contributed by atoms with van der Waals surface area (Å²) >= 11 is 5.80. The third-order valence-corrected chi connectivity index (χ3v) is 5.87. The Bertz CT molecular complexity index is 1470. The average Bonchev–Trinajstić information content (AvgIpc) is 2.79. The topological polar surface area (TPSA) is 101 Å². The van der Waals surface area contributed by atoms with E-state index < -0.39 is 21.7 Å². The molecule has 0 aliphatic heterocycles. The summed E-state index contributed by atoms with van der Waals surface area (Å²) in [6.07, 6.45) is 0. The van der Waals surface area contributed by atoms with Gasteiger partial charge in [0.25, 0.3) is 15.9 Å². The van der Waals surface area contributed by atoms with E-state index in [2.05, 4.69) is 15.2 Å². The van der Waals surface area contributed by atoms with Crippen molar-refractivity contribution in [3.05, 3.63) is 101 Å². The molecule has 0 atom stereocenters. The van der Waals surface area contributed by atoms with Crippen molar-refractivity contribution in [2.24, 2.45) is 5.10 Å². The van der Waals surface area contributed by atoms with Gasteiger partial charge in [-0.2, -0.15) is 13.2 Å². The summed E-state index contributed by atoms with van der Waals surface area (Å²) < 4.78 is 43.9. The Morgan fingerprint density at radius 2 is 1.66 bits per heavy atom. The summed E-state index contributed by atoms with van der Waals surface area (Å²) in [4.78, 5) is 14.9. The molecule has 1 aromatic heterocycles. The number of para-hydroxylation sites is 1. The first-order valence-electron chi connectivity index (χ1n) is 9.23. The van der Waals surface area contributed by atoms with Crippen LogP contribution >= 0.6 is 11.6 Å². The molecule has 0 saturated carbocycles. The van der Waals surface area contributed by atoms with Crippen LogP contribution in [0.25, 0.3) is 11.0 Å². The summed E-state index contributed by atoms with van der Waals surface area (Å²) in [6, 6.07) is 19.1. The number of hydrogen-bond acceptors (Lipinski definition) is 5. The van der Waals surface area contributed by atoms with Crippen molar-refractivity contribution in [3.8, 4) is 0 Å². The molecule has 162 valence electrons. The molecule has 0 unspecified atom stereocenters. The van der Waals surface area contributed by atoms with E-state index in [-0.39, 0.29) is 16.0 Å². The highest BCUT2D eigenvalue weighted by Crippen LogP contribution is 2.16. The molecule has 4 aromatic rings. The predicted octanol–water partition coefficient (Wildman–Crippen LogP) is 4.27. The molecule has 0 aliphatic carbocycles. The number of nitrogens with one attached hydrogen (secondary N) is 2. The lowest BCUT2D eigenvalue weighted by Crippen LogP contribution is -2.27. The standard InChI is InChI=1S/C22H15ClFN3O4S/c23-15-5-11-18(12-6-15)32(29,30)27-26-22-19(13-14-3-1-2-4-20(14)31-22)21(28)25-17-9-7-16(24)8-10-17/h1-13,27H,(H,25,28)/b26-22+. The van der Waals surface area contributed by atoms with Crippen LogP contribution in [0, 0.1) is 5.82 Å². The molecule has 7 nitrogen and oxygen atoms in total. The Labute approximate surface area is 187 Å². The summed E-state index contributed by atoms with van der Waals surface area (Å²) in [5, 5.41) is 7.44. The summed E-state index contributed by atoms with van der Waals surface area (Å²) in [5.41, 5.74) is 0.472. The second-order valence-corrected chi connectivity index (χ2v) is 8.72. The fraction of sp³-hybridized carbons (Fsp3) is 0. The van der Waals surface area contributed by atoms with Crippen LogP contribution in [0.15, 0.2) is 93.3 Å². The minimum atomic E-state index is -4.04. The zero-order valence-corrected chi connectivity index (χ0v) is 17.8. The first-order valence-corrected chi connectivity index (χ1v) is 11.1. The van der Waals surface area contributed by atoms with Crippen LogP contribution in [0.5, 0.6) is 0 Å². The molecule has 0 bridgehead atoms. The quantitative estimate of drug-likeness (QED) is 0.424. The fourth-order valence-electron chi connectivity index (χ4n) is 2.81. The molecule has 0 radical (unpaired) electrons. The number of fused-ring (bicyclic) bond motifs is 1. The number of hydrogen-bond donors (Lipinski definition) is 2. The summed E-state index contributed by atoms with van der Waals surface area (Å²) in [6.45, 7) is 0. The van der Waals surface area contributed by atoms with E-state index in [0.29, 0.717) is 21.7 Å². The van der Waals surface area contributed by atoms with Crippen molar-refractivity contribution in [2.45, 2.75) is 4.90 Å². The Balaban J connectivity index is 1.74. The van der Waals surface area contributed by atoms with Gasteiger partial charge in [0.1, 0.15) is 17.0 Å². The first-order chi connectivity index (χ1) is 15.3. The highest BCUT2D eigenvalue weighted by molar-refractivity contribution is 7.89. The van der Waals surface area contributed by atoms with E-state index in [1.807, 2.05) is 0 Å². The van der Waals surface area contributed by atoms with Crippen LogP contribution in [0.2, 0.25) is 5.02 Å². The summed E-state index contributed by atoms with van der Waals surface area (Å²) in [7, 11) is -4.04. The number of carbonyl (C=O) groups is 1. The third-order valence-electron chi connectivity index (χ3n) is 4.39. The van der Waals surface area contributed by atoms with Crippen LogP contribution < -0.4 is 15.7 Å². The molecule has 1 amide bonds. The zero-order chi connectivity index (χ0) is 22.7. The van der Waals surface area contributed by atoms with E-state index >= 15 is 0 Å². The zero-order valence-electron chi connectivity index (χ0n) is 16.2. The average molecular weight is 472 g/mol. The van der Waals surface area contributed by atoms with Crippen molar-refractivity contribution in [3.63, 3.8) is 0 Å². The van der Waals surface area contributed by atoms with E-state index in [1.165, 1.54) is 54.6 Å². The lowest BCUT2D eigenvalue weighted by atomic mass is 10.1. The van der Waals surface area contributed by atoms with Gasteiger partial charge in [-0.05, 0) is 60.7 Å². The van der Waals surface area contributed by atoms with Gasteiger partial charge >= 0.3 is 0 Å². The maximum Gasteiger partial charge on any atom is 0.276 e. The Morgan fingerprint density at radius 3 is 2.38 bits per heavy atom. The maximum atomic E-state index is 13.1. The largest absolute Gasteiger partial charge is 0.436 e. The highest BCUT2D eigenvalue weighted by atomic mass is 35.5. The molecule has 0 spiro atoms. The molecular formula is C22H15ClFN3O4S. The maximum absolute atomic E-state index is 13.1. The van der Waals surface area contributed by atoms with Gasteiger partial charge in [-0.1, -0.05) is 29.8 Å². The Kier molecular flexibility index (Phi) is 5.93. The SMILES string of the molecule is O=C(Nc1ccc(F)cc1)c1cc2ccccc2o/c1=N/NS(=O)(=O)c1ccc(Cl)cc1. The molecule has 10 heteroatoms. The minimum absolute atomic E-state index is 0.0215. The van der Waals surface area contributed by atoms with E-state index in [9.17, 15) is 17.6 Å². The fourth-order valence-corrected chi connectivity index (χ4v) is 3.74. The number of anilines is 1. The van der Waals surface area contributed by atoms with Crippen molar-refractivity contribution in [1.29, 1.82) is 0 Å². The van der Waals surface area contributed by atoms with Crippen LogP contribution in [0.3, 0.4) is 0 Å². The molecule has 3 aromatic carbocycles. The lowest BCUT2D eigenvalue weighted by Gasteiger charge is -2.08. The van der Waals surface area contributed by atoms with Crippen LogP contribution in [-0.2, 0) is 10.0 Å². The number of amides is 1. The van der Waals surface area contributed by atoms with Gasteiger partial charge in [0.2, 0.25) is 5.55 Å².